The normalized spacial score (nSPS) is 21.9. The molecule has 0 aromatic heterocycles. The van der Waals surface area contributed by atoms with Crippen LogP contribution >= 0.6 is 0 Å². The molecule has 0 fully saturated rings. The molecule has 1 aromatic carbocycles. The number of nitro benzene ring substituents is 1. The van der Waals surface area contributed by atoms with E-state index in [-0.39, 0.29) is 16.8 Å². The van der Waals surface area contributed by atoms with E-state index in [2.05, 4.69) is 0 Å². The second-order valence-electron chi connectivity index (χ2n) is 4.72. The third kappa shape index (κ3) is 1.39. The summed E-state index contributed by atoms with van der Waals surface area (Å²) in [5.41, 5.74) is -0.358. The number of hydrogen-bond donors (Lipinski definition) is 1. The van der Waals surface area contributed by atoms with Crippen LogP contribution in [-0.4, -0.2) is 10.0 Å². The summed E-state index contributed by atoms with van der Waals surface area (Å²) in [5.74, 6) is -0.484. The number of benzene rings is 1. The van der Waals surface area contributed by atoms with Gasteiger partial charge in [-0.05, 0) is 17.9 Å². The van der Waals surface area contributed by atoms with E-state index in [9.17, 15) is 19.6 Å². The second-order valence-corrected chi connectivity index (χ2v) is 4.72. The number of nitro groups is 1. The molecule has 86 valence electrons. The summed E-state index contributed by atoms with van der Waals surface area (Å²) in [5, 5.41) is 20.6. The van der Waals surface area contributed by atoms with Gasteiger partial charge in [-0.2, -0.15) is 0 Å². The van der Waals surface area contributed by atoms with Crippen LogP contribution in [0.2, 0.25) is 0 Å². The van der Waals surface area contributed by atoms with E-state index in [1.807, 2.05) is 0 Å². The lowest BCUT2D eigenvalue weighted by atomic mass is 9.86. The van der Waals surface area contributed by atoms with Crippen molar-refractivity contribution in [3.8, 4) is 0 Å². The SMILES string of the molecule is CC1(C)C[C@H](O)c2c([N+](=O)[O-])ccc(F)c21. The van der Waals surface area contributed by atoms with E-state index in [0.29, 0.717) is 6.42 Å². The molecule has 5 heteroatoms. The number of fused-ring (bicyclic) bond motifs is 1. The zero-order valence-corrected chi connectivity index (χ0v) is 9.03. The number of rotatable bonds is 1. The first-order valence-electron chi connectivity index (χ1n) is 5.00. The Hall–Kier alpha value is -1.49. The minimum Gasteiger partial charge on any atom is -0.388 e. The number of aliphatic hydroxyl groups is 1. The van der Waals surface area contributed by atoms with Crippen LogP contribution in [-0.2, 0) is 5.41 Å². The van der Waals surface area contributed by atoms with Crippen LogP contribution in [0.25, 0.3) is 0 Å². The maximum atomic E-state index is 13.7. The van der Waals surface area contributed by atoms with Crippen LogP contribution in [0.1, 0.15) is 37.5 Å². The smallest absolute Gasteiger partial charge is 0.275 e. The van der Waals surface area contributed by atoms with Crippen LogP contribution in [0.15, 0.2) is 12.1 Å². The topological polar surface area (TPSA) is 63.4 Å². The van der Waals surface area contributed by atoms with Gasteiger partial charge in [0.05, 0.1) is 16.6 Å². The average molecular weight is 225 g/mol. The van der Waals surface area contributed by atoms with E-state index < -0.39 is 22.3 Å². The Morgan fingerprint density at radius 2 is 2.19 bits per heavy atom. The Balaban J connectivity index is 2.76. The average Bonchev–Trinajstić information content (AvgIpc) is 2.38. The summed E-state index contributed by atoms with van der Waals surface area (Å²) < 4.78 is 13.7. The Morgan fingerprint density at radius 1 is 1.56 bits per heavy atom. The Bertz CT molecular complexity index is 471. The first-order chi connectivity index (χ1) is 7.34. The van der Waals surface area contributed by atoms with Gasteiger partial charge in [-0.3, -0.25) is 10.1 Å². The highest BCUT2D eigenvalue weighted by Crippen LogP contribution is 2.49. The monoisotopic (exact) mass is 225 g/mol. The van der Waals surface area contributed by atoms with Gasteiger partial charge in [0.15, 0.2) is 0 Å². The number of aliphatic hydroxyl groups excluding tert-OH is 1. The standard InChI is InChI=1S/C11H12FNO3/c1-11(2)5-8(14)9-7(13(15)16)4-3-6(12)10(9)11/h3-4,8,14H,5H2,1-2H3/t8-/m0/s1. The highest BCUT2D eigenvalue weighted by molar-refractivity contribution is 5.53. The van der Waals surface area contributed by atoms with Crippen molar-refractivity contribution in [3.05, 3.63) is 39.2 Å². The van der Waals surface area contributed by atoms with Crippen LogP contribution < -0.4 is 0 Å². The summed E-state index contributed by atoms with van der Waals surface area (Å²) in [7, 11) is 0. The van der Waals surface area contributed by atoms with Gasteiger partial charge < -0.3 is 5.11 Å². The van der Waals surface area contributed by atoms with Crippen molar-refractivity contribution >= 4 is 5.69 Å². The first kappa shape index (κ1) is 11.0. The Morgan fingerprint density at radius 3 is 2.75 bits per heavy atom. The molecule has 0 unspecified atom stereocenters. The molecule has 2 rings (SSSR count). The minimum absolute atomic E-state index is 0.134. The predicted molar refractivity (Wildman–Crippen MR) is 55.7 cm³/mol. The van der Waals surface area contributed by atoms with Gasteiger partial charge in [-0.1, -0.05) is 13.8 Å². The summed E-state index contributed by atoms with van der Waals surface area (Å²) in [6.45, 7) is 3.55. The quantitative estimate of drug-likeness (QED) is 0.589. The molecule has 16 heavy (non-hydrogen) atoms. The molecule has 0 aliphatic heterocycles. The van der Waals surface area contributed by atoms with Crippen molar-refractivity contribution in [1.29, 1.82) is 0 Å². The second kappa shape index (κ2) is 3.25. The summed E-state index contributed by atoms with van der Waals surface area (Å²) in [6.07, 6.45) is -0.648. The maximum Gasteiger partial charge on any atom is 0.275 e. The van der Waals surface area contributed by atoms with E-state index in [1.54, 1.807) is 13.8 Å². The maximum absolute atomic E-state index is 13.7. The van der Waals surface area contributed by atoms with Gasteiger partial charge in [0, 0.05) is 11.6 Å². The lowest BCUT2D eigenvalue weighted by Gasteiger charge is -2.18. The highest BCUT2D eigenvalue weighted by atomic mass is 19.1. The van der Waals surface area contributed by atoms with Crippen LogP contribution in [0.3, 0.4) is 0 Å². The van der Waals surface area contributed by atoms with Crippen LogP contribution in [0.4, 0.5) is 10.1 Å². The van der Waals surface area contributed by atoms with Crippen molar-refractivity contribution in [1.82, 2.24) is 0 Å². The van der Waals surface area contributed by atoms with Crippen molar-refractivity contribution in [3.63, 3.8) is 0 Å². The molecule has 1 aromatic rings. The van der Waals surface area contributed by atoms with Crippen molar-refractivity contribution < 1.29 is 14.4 Å². The van der Waals surface area contributed by atoms with Gasteiger partial charge in [-0.25, -0.2) is 4.39 Å². The Kier molecular flexibility index (Phi) is 2.24. The fraction of sp³-hybridized carbons (Fsp3) is 0.455. The number of nitrogens with zero attached hydrogens (tertiary/aromatic N) is 1. The van der Waals surface area contributed by atoms with Crippen LogP contribution in [0.5, 0.6) is 0 Å². The predicted octanol–water partition coefficient (Wildman–Crippen LogP) is 2.45. The summed E-state index contributed by atoms with van der Waals surface area (Å²) in [4.78, 5) is 10.2. The molecule has 0 amide bonds. The van der Waals surface area contributed by atoms with E-state index in [4.69, 9.17) is 0 Å². The molecular formula is C11H12FNO3. The minimum atomic E-state index is -0.957. The van der Waals surface area contributed by atoms with Crippen molar-refractivity contribution in [2.75, 3.05) is 0 Å². The molecule has 1 atom stereocenters. The van der Waals surface area contributed by atoms with Gasteiger partial charge in [0.1, 0.15) is 5.82 Å². The summed E-state index contributed by atoms with van der Waals surface area (Å²) >= 11 is 0. The molecule has 0 saturated carbocycles. The summed E-state index contributed by atoms with van der Waals surface area (Å²) in [6, 6.07) is 2.20. The fourth-order valence-corrected chi connectivity index (χ4v) is 2.45. The third-order valence-corrected chi connectivity index (χ3v) is 3.08. The zero-order chi connectivity index (χ0) is 12.1. The molecule has 1 aliphatic carbocycles. The van der Waals surface area contributed by atoms with E-state index >= 15 is 0 Å². The molecule has 0 heterocycles. The molecule has 0 spiro atoms. The first-order valence-corrected chi connectivity index (χ1v) is 5.00. The van der Waals surface area contributed by atoms with Gasteiger partial charge in [0.25, 0.3) is 5.69 Å². The lowest BCUT2D eigenvalue weighted by Crippen LogP contribution is -2.14. The fourth-order valence-electron chi connectivity index (χ4n) is 2.45. The molecule has 1 aliphatic rings. The van der Waals surface area contributed by atoms with Crippen molar-refractivity contribution in [2.45, 2.75) is 31.8 Å². The lowest BCUT2D eigenvalue weighted by molar-refractivity contribution is -0.386. The third-order valence-electron chi connectivity index (χ3n) is 3.08. The van der Waals surface area contributed by atoms with Gasteiger partial charge >= 0.3 is 0 Å². The van der Waals surface area contributed by atoms with Crippen LogP contribution in [0, 0.1) is 15.9 Å². The molecular weight excluding hydrogens is 213 g/mol. The Labute approximate surface area is 91.9 Å². The van der Waals surface area contributed by atoms with E-state index in [1.165, 1.54) is 0 Å². The molecule has 0 saturated heterocycles. The zero-order valence-electron chi connectivity index (χ0n) is 9.03. The van der Waals surface area contributed by atoms with Gasteiger partial charge in [-0.15, -0.1) is 0 Å². The molecule has 0 radical (unpaired) electrons. The number of halogens is 1. The largest absolute Gasteiger partial charge is 0.388 e. The highest BCUT2D eigenvalue weighted by Gasteiger charge is 2.42. The molecule has 1 N–H and O–H groups in total. The number of hydrogen-bond acceptors (Lipinski definition) is 3. The van der Waals surface area contributed by atoms with Crippen molar-refractivity contribution in [2.24, 2.45) is 0 Å². The van der Waals surface area contributed by atoms with Gasteiger partial charge in [0.2, 0.25) is 0 Å². The molecule has 0 bridgehead atoms. The van der Waals surface area contributed by atoms with E-state index in [0.717, 1.165) is 12.1 Å². The molecule has 4 nitrogen and oxygen atoms in total.